The first-order valence-corrected chi connectivity index (χ1v) is 8.25. The molecule has 0 spiro atoms. The molecule has 136 valence electrons. The third-order valence-corrected chi connectivity index (χ3v) is 3.89. The Bertz CT molecular complexity index is 993. The number of nitrogens with zero attached hydrogens (tertiary/aromatic N) is 2. The molecule has 0 aliphatic carbocycles. The molecule has 0 bridgehead atoms. The number of nitrogens with one attached hydrogen (secondary N) is 2. The van der Waals surface area contributed by atoms with Crippen molar-refractivity contribution in [2.75, 3.05) is 5.32 Å². The molecule has 0 saturated heterocycles. The quantitative estimate of drug-likeness (QED) is 0.537. The van der Waals surface area contributed by atoms with E-state index in [4.69, 9.17) is 4.42 Å². The van der Waals surface area contributed by atoms with Crippen LogP contribution in [0.5, 0.6) is 0 Å². The van der Waals surface area contributed by atoms with Gasteiger partial charge < -0.3 is 9.73 Å². The van der Waals surface area contributed by atoms with E-state index in [1.54, 1.807) is 56.4 Å². The maximum Gasteiger partial charge on any atom is 0.274 e. The minimum absolute atomic E-state index is 0.251. The molecule has 3 rings (SSSR count). The van der Waals surface area contributed by atoms with Gasteiger partial charge in [0.05, 0.1) is 23.1 Å². The van der Waals surface area contributed by atoms with E-state index in [0.717, 1.165) is 5.56 Å². The fourth-order valence-corrected chi connectivity index (χ4v) is 2.40. The summed E-state index contributed by atoms with van der Waals surface area (Å²) in [6.07, 6.45) is 4.56. The summed E-state index contributed by atoms with van der Waals surface area (Å²) in [5, 5.41) is 6.94. The van der Waals surface area contributed by atoms with Crippen LogP contribution in [0.25, 0.3) is 0 Å². The number of hydrogen-bond acceptors (Lipinski definition) is 5. The average Bonchev–Trinajstić information content (AvgIpc) is 3.12. The SMILES string of the molecule is CC(=NNC(=O)c1ccoc1C)c1cccc(NC(=O)c2cccnc2)c1. The van der Waals surface area contributed by atoms with Crippen molar-refractivity contribution >= 4 is 23.2 Å². The van der Waals surface area contributed by atoms with Crippen molar-refractivity contribution in [2.45, 2.75) is 13.8 Å². The second-order valence-corrected chi connectivity index (χ2v) is 5.81. The number of carbonyl (C=O) groups excluding carboxylic acids is 2. The Morgan fingerprint density at radius 3 is 2.59 bits per heavy atom. The molecule has 0 atom stereocenters. The Morgan fingerprint density at radius 2 is 1.89 bits per heavy atom. The first-order valence-electron chi connectivity index (χ1n) is 8.25. The molecule has 1 aromatic carbocycles. The van der Waals surface area contributed by atoms with Crippen molar-refractivity contribution in [3.05, 3.63) is 83.6 Å². The molecule has 7 nitrogen and oxygen atoms in total. The van der Waals surface area contributed by atoms with E-state index in [2.05, 4.69) is 20.8 Å². The second kappa shape index (κ2) is 8.09. The fraction of sp³-hybridized carbons (Fsp3) is 0.100. The number of rotatable bonds is 5. The van der Waals surface area contributed by atoms with Gasteiger partial charge in [-0.1, -0.05) is 12.1 Å². The molecule has 0 saturated carbocycles. The summed E-state index contributed by atoms with van der Waals surface area (Å²) in [4.78, 5) is 28.3. The summed E-state index contributed by atoms with van der Waals surface area (Å²) in [6, 6.07) is 12.2. The lowest BCUT2D eigenvalue weighted by Gasteiger charge is -2.08. The zero-order chi connectivity index (χ0) is 19.2. The minimum Gasteiger partial charge on any atom is -0.469 e. The predicted octanol–water partition coefficient (Wildman–Crippen LogP) is 3.39. The highest BCUT2D eigenvalue weighted by atomic mass is 16.3. The maximum atomic E-state index is 12.2. The van der Waals surface area contributed by atoms with E-state index in [-0.39, 0.29) is 11.8 Å². The van der Waals surface area contributed by atoms with Crippen LogP contribution in [0.4, 0.5) is 5.69 Å². The Balaban J connectivity index is 1.70. The largest absolute Gasteiger partial charge is 0.469 e. The van der Waals surface area contributed by atoms with Crippen LogP contribution in [0, 0.1) is 6.92 Å². The van der Waals surface area contributed by atoms with Gasteiger partial charge in [-0.15, -0.1) is 0 Å². The molecule has 7 heteroatoms. The number of pyridine rings is 1. The third-order valence-electron chi connectivity index (χ3n) is 3.89. The van der Waals surface area contributed by atoms with E-state index in [1.807, 2.05) is 6.07 Å². The van der Waals surface area contributed by atoms with E-state index >= 15 is 0 Å². The summed E-state index contributed by atoms with van der Waals surface area (Å²) in [5.74, 6) is -0.0688. The number of benzene rings is 1. The summed E-state index contributed by atoms with van der Waals surface area (Å²) < 4.78 is 5.11. The monoisotopic (exact) mass is 362 g/mol. The zero-order valence-electron chi connectivity index (χ0n) is 14.9. The maximum absolute atomic E-state index is 12.2. The summed E-state index contributed by atoms with van der Waals surface area (Å²) >= 11 is 0. The van der Waals surface area contributed by atoms with Crippen LogP contribution in [0.3, 0.4) is 0 Å². The van der Waals surface area contributed by atoms with Crippen LogP contribution >= 0.6 is 0 Å². The van der Waals surface area contributed by atoms with Crippen LogP contribution < -0.4 is 10.7 Å². The smallest absolute Gasteiger partial charge is 0.274 e. The van der Waals surface area contributed by atoms with Crippen molar-refractivity contribution in [2.24, 2.45) is 5.10 Å². The molecule has 0 radical (unpaired) electrons. The lowest BCUT2D eigenvalue weighted by atomic mass is 10.1. The lowest BCUT2D eigenvalue weighted by Crippen LogP contribution is -2.19. The number of carbonyl (C=O) groups is 2. The average molecular weight is 362 g/mol. The van der Waals surface area contributed by atoms with Crippen LogP contribution in [0.15, 0.2) is 70.6 Å². The number of amides is 2. The normalized spacial score (nSPS) is 11.1. The van der Waals surface area contributed by atoms with Crippen LogP contribution in [-0.4, -0.2) is 22.5 Å². The van der Waals surface area contributed by atoms with Crippen molar-refractivity contribution in [1.29, 1.82) is 0 Å². The van der Waals surface area contributed by atoms with Crippen LogP contribution in [0.1, 0.15) is 39.0 Å². The van der Waals surface area contributed by atoms with Gasteiger partial charge in [-0.3, -0.25) is 14.6 Å². The number of hydrazone groups is 1. The molecule has 3 aromatic rings. The molecule has 2 N–H and O–H groups in total. The van der Waals surface area contributed by atoms with Crippen molar-refractivity contribution in [3.63, 3.8) is 0 Å². The van der Waals surface area contributed by atoms with Gasteiger partial charge in [-0.25, -0.2) is 5.43 Å². The summed E-state index contributed by atoms with van der Waals surface area (Å²) in [7, 11) is 0. The zero-order valence-corrected chi connectivity index (χ0v) is 14.9. The van der Waals surface area contributed by atoms with Gasteiger partial charge in [0, 0.05) is 18.1 Å². The van der Waals surface area contributed by atoms with Crippen molar-refractivity contribution < 1.29 is 14.0 Å². The van der Waals surface area contributed by atoms with E-state index in [9.17, 15) is 9.59 Å². The molecule has 0 fully saturated rings. The molecule has 0 aliphatic rings. The van der Waals surface area contributed by atoms with Gasteiger partial charge >= 0.3 is 0 Å². The Hall–Kier alpha value is -3.74. The summed E-state index contributed by atoms with van der Waals surface area (Å²) in [6.45, 7) is 3.48. The van der Waals surface area contributed by atoms with Crippen LogP contribution in [-0.2, 0) is 0 Å². The topological polar surface area (TPSA) is 96.6 Å². The van der Waals surface area contributed by atoms with Gasteiger partial charge in [0.15, 0.2) is 0 Å². The van der Waals surface area contributed by atoms with E-state index in [0.29, 0.717) is 28.3 Å². The molecule has 2 heterocycles. The van der Waals surface area contributed by atoms with E-state index < -0.39 is 0 Å². The van der Waals surface area contributed by atoms with Gasteiger partial charge in [0.1, 0.15) is 5.76 Å². The predicted molar refractivity (Wildman–Crippen MR) is 102 cm³/mol. The Kier molecular flexibility index (Phi) is 5.41. The molecular weight excluding hydrogens is 344 g/mol. The van der Waals surface area contributed by atoms with Gasteiger partial charge in [0.25, 0.3) is 11.8 Å². The fourth-order valence-electron chi connectivity index (χ4n) is 2.40. The molecule has 2 amide bonds. The molecule has 0 unspecified atom stereocenters. The number of hydrogen-bond donors (Lipinski definition) is 2. The third kappa shape index (κ3) is 4.46. The lowest BCUT2D eigenvalue weighted by molar-refractivity contribution is 0.0952. The van der Waals surface area contributed by atoms with Gasteiger partial charge in [-0.2, -0.15) is 5.10 Å². The van der Waals surface area contributed by atoms with Gasteiger partial charge in [-0.05, 0) is 49.7 Å². The first kappa shape index (κ1) is 18.1. The number of aryl methyl sites for hydroxylation is 1. The van der Waals surface area contributed by atoms with Gasteiger partial charge in [0.2, 0.25) is 0 Å². The molecule has 0 aliphatic heterocycles. The highest BCUT2D eigenvalue weighted by molar-refractivity contribution is 6.05. The van der Waals surface area contributed by atoms with Crippen molar-refractivity contribution in [3.8, 4) is 0 Å². The Morgan fingerprint density at radius 1 is 1.07 bits per heavy atom. The summed E-state index contributed by atoms with van der Waals surface area (Å²) in [5.41, 5.74) is 5.39. The molecular formula is C20H18N4O3. The standard InChI is InChI=1S/C20H18N4O3/c1-13(23-24-20(26)18-8-10-27-14(18)2)15-5-3-7-17(11-15)22-19(25)16-6-4-9-21-12-16/h3-12H,1-2H3,(H,22,25)(H,24,26). The molecule has 2 aromatic heterocycles. The minimum atomic E-state index is -0.346. The van der Waals surface area contributed by atoms with Crippen molar-refractivity contribution in [1.82, 2.24) is 10.4 Å². The number of anilines is 1. The highest BCUT2D eigenvalue weighted by Crippen LogP contribution is 2.13. The number of furan rings is 1. The second-order valence-electron chi connectivity index (χ2n) is 5.81. The van der Waals surface area contributed by atoms with Crippen LogP contribution in [0.2, 0.25) is 0 Å². The number of aromatic nitrogens is 1. The van der Waals surface area contributed by atoms with E-state index in [1.165, 1.54) is 12.5 Å². The Labute approximate surface area is 156 Å². The molecule has 27 heavy (non-hydrogen) atoms. The first-order chi connectivity index (χ1) is 13.0. The highest BCUT2D eigenvalue weighted by Gasteiger charge is 2.11.